The number of rotatable bonds is 5. The molecule has 18 heavy (non-hydrogen) atoms. The molecule has 1 aromatic carbocycles. The van der Waals surface area contributed by atoms with Gasteiger partial charge in [-0.05, 0) is 12.5 Å². The summed E-state index contributed by atoms with van der Waals surface area (Å²) in [6.45, 7) is 0.830. The predicted octanol–water partition coefficient (Wildman–Crippen LogP) is 1.66. The van der Waals surface area contributed by atoms with Gasteiger partial charge in [-0.3, -0.25) is 4.79 Å². The van der Waals surface area contributed by atoms with E-state index in [2.05, 4.69) is 9.88 Å². The van der Waals surface area contributed by atoms with Gasteiger partial charge in [0.25, 0.3) is 0 Å². The molecule has 96 valence electrons. The Labute approximate surface area is 106 Å². The number of fused-ring (bicyclic) bond motifs is 1. The Bertz CT molecular complexity index is 546. The van der Waals surface area contributed by atoms with E-state index in [1.165, 1.54) is 0 Å². The standard InChI is InChI=1S/C14H18N2O2/c1-15-14(18)7-4-8-16-9-11(10-17)12-5-2-3-6-13(12)16/h2-3,5-6,9,17H,4,7-8,10H2,1H3,(H,15,18). The lowest BCUT2D eigenvalue weighted by Crippen LogP contribution is -2.17. The van der Waals surface area contributed by atoms with Crippen LogP contribution in [0.25, 0.3) is 10.9 Å². The molecule has 1 heterocycles. The largest absolute Gasteiger partial charge is 0.392 e. The van der Waals surface area contributed by atoms with Gasteiger partial charge in [0.2, 0.25) is 5.91 Å². The number of carbonyl (C=O) groups excluding carboxylic acids is 1. The third-order valence-corrected chi connectivity index (χ3v) is 3.12. The van der Waals surface area contributed by atoms with Crippen molar-refractivity contribution in [2.75, 3.05) is 7.05 Å². The minimum Gasteiger partial charge on any atom is -0.392 e. The molecular weight excluding hydrogens is 228 g/mol. The molecule has 2 rings (SSSR count). The van der Waals surface area contributed by atoms with E-state index in [4.69, 9.17) is 0 Å². The van der Waals surface area contributed by atoms with Crippen molar-refractivity contribution in [1.29, 1.82) is 0 Å². The maximum atomic E-state index is 11.2. The Hall–Kier alpha value is -1.81. The number of hydrogen-bond donors (Lipinski definition) is 2. The van der Waals surface area contributed by atoms with Gasteiger partial charge in [-0.1, -0.05) is 18.2 Å². The smallest absolute Gasteiger partial charge is 0.219 e. The zero-order valence-corrected chi connectivity index (χ0v) is 10.5. The molecule has 0 saturated carbocycles. The highest BCUT2D eigenvalue weighted by Gasteiger charge is 2.07. The summed E-state index contributed by atoms with van der Waals surface area (Å²) >= 11 is 0. The Kier molecular flexibility index (Phi) is 3.99. The van der Waals surface area contributed by atoms with Crippen LogP contribution in [0.3, 0.4) is 0 Å². The Morgan fingerprint density at radius 1 is 1.39 bits per heavy atom. The normalized spacial score (nSPS) is 10.8. The number of aliphatic hydroxyl groups excluding tert-OH is 1. The molecule has 0 aliphatic carbocycles. The SMILES string of the molecule is CNC(=O)CCCn1cc(CO)c2ccccc21. The van der Waals surface area contributed by atoms with Crippen molar-refractivity contribution in [2.45, 2.75) is 26.0 Å². The molecule has 1 aromatic heterocycles. The van der Waals surface area contributed by atoms with Crippen LogP contribution in [0.2, 0.25) is 0 Å². The first-order valence-corrected chi connectivity index (χ1v) is 6.14. The zero-order chi connectivity index (χ0) is 13.0. The number of nitrogens with one attached hydrogen (secondary N) is 1. The van der Waals surface area contributed by atoms with E-state index in [1.54, 1.807) is 7.05 Å². The molecule has 4 nitrogen and oxygen atoms in total. The molecule has 0 bridgehead atoms. The second kappa shape index (κ2) is 5.69. The number of aliphatic hydroxyl groups is 1. The Morgan fingerprint density at radius 3 is 2.89 bits per heavy atom. The van der Waals surface area contributed by atoms with Crippen LogP contribution in [0.15, 0.2) is 30.5 Å². The predicted molar refractivity (Wildman–Crippen MR) is 71.2 cm³/mol. The lowest BCUT2D eigenvalue weighted by Gasteiger charge is -2.04. The molecule has 0 aliphatic heterocycles. The second-order valence-electron chi connectivity index (χ2n) is 4.30. The van der Waals surface area contributed by atoms with Crippen molar-refractivity contribution in [1.82, 2.24) is 9.88 Å². The first kappa shape index (κ1) is 12.6. The number of amides is 1. The van der Waals surface area contributed by atoms with Crippen LogP contribution in [0, 0.1) is 0 Å². The van der Waals surface area contributed by atoms with Crippen LogP contribution in [0.4, 0.5) is 0 Å². The molecule has 2 aromatic rings. The summed E-state index contributed by atoms with van der Waals surface area (Å²) in [5.41, 5.74) is 2.05. The van der Waals surface area contributed by atoms with Gasteiger partial charge in [0, 0.05) is 42.7 Å². The van der Waals surface area contributed by atoms with Gasteiger partial charge in [-0.25, -0.2) is 0 Å². The van der Waals surface area contributed by atoms with Crippen LogP contribution in [-0.2, 0) is 17.9 Å². The molecule has 0 fully saturated rings. The number of aryl methyl sites for hydroxylation is 1. The minimum atomic E-state index is 0.0446. The van der Waals surface area contributed by atoms with Crippen LogP contribution < -0.4 is 5.32 Å². The average Bonchev–Trinajstić information content (AvgIpc) is 2.77. The highest BCUT2D eigenvalue weighted by atomic mass is 16.3. The van der Waals surface area contributed by atoms with Crippen LogP contribution in [-0.4, -0.2) is 22.6 Å². The van der Waals surface area contributed by atoms with E-state index in [0.29, 0.717) is 6.42 Å². The van der Waals surface area contributed by atoms with Crippen molar-refractivity contribution in [3.63, 3.8) is 0 Å². The zero-order valence-electron chi connectivity index (χ0n) is 10.5. The Balaban J connectivity index is 2.15. The van der Waals surface area contributed by atoms with Crippen molar-refractivity contribution < 1.29 is 9.90 Å². The summed E-state index contributed by atoms with van der Waals surface area (Å²) in [5, 5.41) is 13.0. The fraction of sp³-hybridized carbons (Fsp3) is 0.357. The first-order valence-electron chi connectivity index (χ1n) is 6.14. The molecule has 0 radical (unpaired) electrons. The molecule has 0 unspecified atom stereocenters. The number of carbonyl (C=O) groups is 1. The maximum absolute atomic E-state index is 11.2. The number of aromatic nitrogens is 1. The van der Waals surface area contributed by atoms with E-state index in [0.717, 1.165) is 29.4 Å². The van der Waals surface area contributed by atoms with Gasteiger partial charge in [-0.15, -0.1) is 0 Å². The van der Waals surface area contributed by atoms with E-state index in [9.17, 15) is 9.90 Å². The van der Waals surface area contributed by atoms with Crippen molar-refractivity contribution in [3.05, 3.63) is 36.0 Å². The highest BCUT2D eigenvalue weighted by molar-refractivity contribution is 5.83. The summed E-state index contributed by atoms with van der Waals surface area (Å²) in [7, 11) is 1.65. The molecule has 0 spiro atoms. The Morgan fingerprint density at radius 2 is 2.17 bits per heavy atom. The van der Waals surface area contributed by atoms with Gasteiger partial charge in [0.05, 0.1) is 6.61 Å². The van der Waals surface area contributed by atoms with Crippen molar-refractivity contribution in [2.24, 2.45) is 0 Å². The molecule has 0 aliphatic rings. The monoisotopic (exact) mass is 246 g/mol. The summed E-state index contributed by atoms with van der Waals surface area (Å²) in [4.78, 5) is 11.2. The number of nitrogens with zero attached hydrogens (tertiary/aromatic N) is 1. The van der Waals surface area contributed by atoms with Crippen LogP contribution >= 0.6 is 0 Å². The topological polar surface area (TPSA) is 54.3 Å². The third-order valence-electron chi connectivity index (χ3n) is 3.12. The molecule has 2 N–H and O–H groups in total. The molecule has 1 amide bonds. The van der Waals surface area contributed by atoms with Gasteiger partial charge in [0.15, 0.2) is 0 Å². The van der Waals surface area contributed by atoms with Gasteiger partial charge >= 0.3 is 0 Å². The summed E-state index contributed by atoms with van der Waals surface area (Å²) < 4.78 is 2.10. The molecule has 0 atom stereocenters. The average molecular weight is 246 g/mol. The minimum absolute atomic E-state index is 0.0446. The second-order valence-corrected chi connectivity index (χ2v) is 4.30. The van der Waals surface area contributed by atoms with Gasteiger partial charge in [0.1, 0.15) is 0 Å². The van der Waals surface area contributed by atoms with Gasteiger partial charge in [-0.2, -0.15) is 0 Å². The molecule has 0 saturated heterocycles. The highest BCUT2D eigenvalue weighted by Crippen LogP contribution is 2.21. The van der Waals surface area contributed by atoms with Gasteiger partial charge < -0.3 is 15.0 Å². The van der Waals surface area contributed by atoms with Crippen LogP contribution in [0.1, 0.15) is 18.4 Å². The summed E-state index contributed by atoms with van der Waals surface area (Å²) in [6.07, 6.45) is 3.29. The maximum Gasteiger partial charge on any atom is 0.219 e. The number of benzene rings is 1. The molecular formula is C14H18N2O2. The van der Waals surface area contributed by atoms with Crippen molar-refractivity contribution in [3.8, 4) is 0 Å². The number of para-hydroxylation sites is 1. The van der Waals surface area contributed by atoms with E-state index in [1.807, 2.05) is 30.5 Å². The summed E-state index contributed by atoms with van der Waals surface area (Å²) in [6, 6.07) is 8.00. The summed E-state index contributed by atoms with van der Waals surface area (Å²) in [5.74, 6) is 0.0637. The first-order chi connectivity index (χ1) is 8.76. The fourth-order valence-electron chi connectivity index (χ4n) is 2.17. The third kappa shape index (κ3) is 2.54. The van der Waals surface area contributed by atoms with Crippen LogP contribution in [0.5, 0.6) is 0 Å². The fourth-order valence-corrected chi connectivity index (χ4v) is 2.17. The quantitative estimate of drug-likeness (QED) is 0.843. The molecule has 4 heteroatoms. The van der Waals surface area contributed by atoms with E-state index >= 15 is 0 Å². The number of hydrogen-bond acceptors (Lipinski definition) is 2. The lowest BCUT2D eigenvalue weighted by atomic mass is 10.2. The van der Waals surface area contributed by atoms with E-state index in [-0.39, 0.29) is 12.5 Å². The lowest BCUT2D eigenvalue weighted by molar-refractivity contribution is -0.120. The van der Waals surface area contributed by atoms with Crippen molar-refractivity contribution >= 4 is 16.8 Å². The van der Waals surface area contributed by atoms with E-state index < -0.39 is 0 Å².